The van der Waals surface area contributed by atoms with E-state index >= 15 is 0 Å². The second kappa shape index (κ2) is 5.63. The number of anilines is 1. The van der Waals surface area contributed by atoms with E-state index in [9.17, 15) is 0 Å². The number of hydrogen-bond acceptors (Lipinski definition) is 4. The van der Waals surface area contributed by atoms with E-state index in [1.807, 2.05) is 36.4 Å². The number of halogens is 1. The maximum absolute atomic E-state index is 5.39. The smallest absolute Gasteiger partial charge is 0.231 e. The predicted molar refractivity (Wildman–Crippen MR) is 80.6 cm³/mol. The first kappa shape index (κ1) is 13.1. The molecule has 1 N–H and O–H groups in total. The number of benzene rings is 2. The molecule has 20 heavy (non-hydrogen) atoms. The zero-order chi connectivity index (χ0) is 13.9. The van der Waals surface area contributed by atoms with Crippen LogP contribution in [0.1, 0.15) is 5.56 Å². The first-order valence-electron chi connectivity index (χ1n) is 6.22. The van der Waals surface area contributed by atoms with Crippen molar-refractivity contribution in [2.24, 2.45) is 0 Å². The lowest BCUT2D eigenvalue weighted by Crippen LogP contribution is -2.00. The molecular weight excluding hydrogens is 322 g/mol. The van der Waals surface area contributed by atoms with Crippen LogP contribution < -0.4 is 19.5 Å². The van der Waals surface area contributed by atoms with Gasteiger partial charge in [-0.3, -0.25) is 0 Å². The van der Waals surface area contributed by atoms with Crippen LogP contribution in [0.4, 0.5) is 5.69 Å². The van der Waals surface area contributed by atoms with Crippen LogP contribution in [0.5, 0.6) is 17.2 Å². The molecule has 1 heterocycles. The van der Waals surface area contributed by atoms with E-state index in [2.05, 4.69) is 21.2 Å². The second-order valence-corrected chi connectivity index (χ2v) is 5.23. The van der Waals surface area contributed by atoms with Crippen LogP contribution >= 0.6 is 15.9 Å². The molecule has 0 saturated carbocycles. The highest BCUT2D eigenvalue weighted by molar-refractivity contribution is 9.10. The van der Waals surface area contributed by atoms with Gasteiger partial charge in [-0.1, -0.05) is 15.9 Å². The molecule has 0 amide bonds. The van der Waals surface area contributed by atoms with Gasteiger partial charge in [-0.2, -0.15) is 0 Å². The van der Waals surface area contributed by atoms with Crippen molar-refractivity contribution < 1.29 is 14.2 Å². The number of nitrogens with one attached hydrogen (secondary N) is 1. The second-order valence-electron chi connectivity index (χ2n) is 4.38. The predicted octanol–water partition coefficient (Wildman–Crippen LogP) is 3.80. The molecule has 104 valence electrons. The SMILES string of the molecule is COc1ccc(NCc2cc3c(cc2Br)OCO3)cc1. The molecule has 0 spiro atoms. The first-order chi connectivity index (χ1) is 9.76. The molecule has 4 nitrogen and oxygen atoms in total. The average Bonchev–Trinajstić information content (AvgIpc) is 2.92. The van der Waals surface area contributed by atoms with E-state index < -0.39 is 0 Å². The van der Waals surface area contributed by atoms with E-state index in [0.29, 0.717) is 6.54 Å². The highest BCUT2D eigenvalue weighted by Gasteiger charge is 2.16. The molecule has 5 heteroatoms. The van der Waals surface area contributed by atoms with Gasteiger partial charge in [0.2, 0.25) is 6.79 Å². The van der Waals surface area contributed by atoms with Gasteiger partial charge in [0.15, 0.2) is 11.5 Å². The van der Waals surface area contributed by atoms with Crippen LogP contribution in [0, 0.1) is 0 Å². The van der Waals surface area contributed by atoms with E-state index in [0.717, 1.165) is 33.0 Å². The summed E-state index contributed by atoms with van der Waals surface area (Å²) in [6, 6.07) is 11.8. The highest BCUT2D eigenvalue weighted by atomic mass is 79.9. The molecule has 1 aliphatic rings. The third kappa shape index (κ3) is 2.67. The van der Waals surface area contributed by atoms with Crippen molar-refractivity contribution in [3.05, 3.63) is 46.4 Å². The summed E-state index contributed by atoms with van der Waals surface area (Å²) in [7, 11) is 1.66. The molecule has 0 fully saturated rings. The average molecular weight is 336 g/mol. The van der Waals surface area contributed by atoms with Crippen molar-refractivity contribution in [1.82, 2.24) is 0 Å². The number of hydrogen-bond donors (Lipinski definition) is 1. The summed E-state index contributed by atoms with van der Waals surface area (Å²) in [6.45, 7) is 0.987. The Morgan fingerprint density at radius 3 is 2.55 bits per heavy atom. The Hall–Kier alpha value is -1.88. The maximum Gasteiger partial charge on any atom is 0.231 e. The molecule has 0 unspecified atom stereocenters. The van der Waals surface area contributed by atoms with Gasteiger partial charge < -0.3 is 19.5 Å². The Morgan fingerprint density at radius 2 is 1.85 bits per heavy atom. The minimum Gasteiger partial charge on any atom is -0.497 e. The van der Waals surface area contributed by atoms with Crippen LogP contribution in [0.2, 0.25) is 0 Å². The number of rotatable bonds is 4. The van der Waals surface area contributed by atoms with E-state index in [-0.39, 0.29) is 6.79 Å². The zero-order valence-electron chi connectivity index (χ0n) is 11.0. The number of methoxy groups -OCH3 is 1. The van der Waals surface area contributed by atoms with E-state index in [4.69, 9.17) is 14.2 Å². The maximum atomic E-state index is 5.39. The monoisotopic (exact) mass is 335 g/mol. The van der Waals surface area contributed by atoms with Crippen LogP contribution in [0.3, 0.4) is 0 Å². The van der Waals surface area contributed by atoms with E-state index in [1.165, 1.54) is 0 Å². The molecule has 0 saturated heterocycles. The normalized spacial score (nSPS) is 12.3. The lowest BCUT2D eigenvalue weighted by Gasteiger charge is -2.10. The Bertz CT molecular complexity index is 613. The van der Waals surface area contributed by atoms with Gasteiger partial charge in [0, 0.05) is 16.7 Å². The summed E-state index contributed by atoms with van der Waals surface area (Å²) in [5.41, 5.74) is 2.15. The molecular formula is C15H14BrNO3. The summed E-state index contributed by atoms with van der Waals surface area (Å²) in [6.07, 6.45) is 0. The fraction of sp³-hybridized carbons (Fsp3) is 0.200. The Balaban J connectivity index is 1.71. The molecule has 0 radical (unpaired) electrons. The highest BCUT2D eigenvalue weighted by Crippen LogP contribution is 2.37. The summed E-state index contributed by atoms with van der Waals surface area (Å²) in [5, 5.41) is 3.36. The van der Waals surface area contributed by atoms with Gasteiger partial charge in [0.25, 0.3) is 0 Å². The zero-order valence-corrected chi connectivity index (χ0v) is 12.6. The van der Waals surface area contributed by atoms with E-state index in [1.54, 1.807) is 7.11 Å². The van der Waals surface area contributed by atoms with Gasteiger partial charge in [-0.25, -0.2) is 0 Å². The lowest BCUT2D eigenvalue weighted by atomic mass is 10.2. The molecule has 1 aliphatic heterocycles. The Kier molecular flexibility index (Phi) is 3.69. The number of ether oxygens (including phenoxy) is 3. The molecule has 2 aromatic rings. The summed E-state index contributed by atoms with van der Waals surface area (Å²) >= 11 is 3.55. The van der Waals surface area contributed by atoms with Crippen molar-refractivity contribution in [2.75, 3.05) is 19.2 Å². The van der Waals surface area contributed by atoms with Crippen LogP contribution in [0.25, 0.3) is 0 Å². The van der Waals surface area contributed by atoms with Gasteiger partial charge >= 0.3 is 0 Å². The quantitative estimate of drug-likeness (QED) is 0.922. The topological polar surface area (TPSA) is 39.7 Å². The molecule has 0 atom stereocenters. The Labute approximate surface area is 125 Å². The minimum absolute atomic E-state index is 0.289. The fourth-order valence-electron chi connectivity index (χ4n) is 2.00. The Morgan fingerprint density at radius 1 is 1.15 bits per heavy atom. The largest absolute Gasteiger partial charge is 0.497 e. The molecule has 3 rings (SSSR count). The van der Waals surface area contributed by atoms with Crippen molar-refractivity contribution in [2.45, 2.75) is 6.54 Å². The van der Waals surface area contributed by atoms with Crippen LogP contribution in [-0.2, 0) is 6.54 Å². The van der Waals surface area contributed by atoms with Crippen molar-refractivity contribution >= 4 is 21.6 Å². The van der Waals surface area contributed by atoms with Gasteiger partial charge in [0.05, 0.1) is 7.11 Å². The van der Waals surface area contributed by atoms with Gasteiger partial charge in [-0.05, 0) is 42.0 Å². The molecule has 2 aromatic carbocycles. The van der Waals surface area contributed by atoms with Crippen LogP contribution in [-0.4, -0.2) is 13.9 Å². The first-order valence-corrected chi connectivity index (χ1v) is 7.01. The summed E-state index contributed by atoms with van der Waals surface area (Å²) in [4.78, 5) is 0. The molecule has 0 aromatic heterocycles. The summed E-state index contributed by atoms with van der Waals surface area (Å²) < 4.78 is 16.9. The standard InChI is InChI=1S/C15H14BrNO3/c1-18-12-4-2-11(3-5-12)17-8-10-6-14-15(7-13(10)16)20-9-19-14/h2-7,17H,8-9H2,1H3. The third-order valence-electron chi connectivity index (χ3n) is 3.11. The molecule has 0 bridgehead atoms. The van der Waals surface area contributed by atoms with Crippen molar-refractivity contribution in [3.63, 3.8) is 0 Å². The lowest BCUT2D eigenvalue weighted by molar-refractivity contribution is 0.174. The molecule has 0 aliphatic carbocycles. The third-order valence-corrected chi connectivity index (χ3v) is 3.85. The minimum atomic E-state index is 0.289. The van der Waals surface area contributed by atoms with Crippen LogP contribution in [0.15, 0.2) is 40.9 Å². The fourth-order valence-corrected chi connectivity index (χ4v) is 2.46. The number of fused-ring (bicyclic) bond motifs is 1. The summed E-state index contributed by atoms with van der Waals surface area (Å²) in [5.74, 6) is 2.42. The van der Waals surface area contributed by atoms with Gasteiger partial charge in [0.1, 0.15) is 5.75 Å². The van der Waals surface area contributed by atoms with Crippen molar-refractivity contribution in [1.29, 1.82) is 0 Å². The van der Waals surface area contributed by atoms with Gasteiger partial charge in [-0.15, -0.1) is 0 Å². The van der Waals surface area contributed by atoms with Crippen molar-refractivity contribution in [3.8, 4) is 17.2 Å².